The van der Waals surface area contributed by atoms with Gasteiger partial charge in [0.25, 0.3) is 17.4 Å². The number of hydrogen-bond donors (Lipinski definition) is 2. The van der Waals surface area contributed by atoms with Crippen LogP contribution in [0.2, 0.25) is 0 Å². The molecule has 4 aromatic rings. The number of pyridine rings is 1. The molecule has 9 heteroatoms. The van der Waals surface area contributed by atoms with Gasteiger partial charge in [0, 0.05) is 11.9 Å². The third kappa shape index (κ3) is 5.69. The zero-order chi connectivity index (χ0) is 25.7. The van der Waals surface area contributed by atoms with Gasteiger partial charge in [0.1, 0.15) is 5.56 Å². The van der Waals surface area contributed by atoms with Crippen LogP contribution in [0.3, 0.4) is 0 Å². The van der Waals surface area contributed by atoms with Crippen LogP contribution in [0.5, 0.6) is 0 Å². The molecule has 0 aliphatic heterocycles. The van der Waals surface area contributed by atoms with E-state index < -0.39 is 29.1 Å². The highest BCUT2D eigenvalue weighted by atomic mass is 19.4. The Morgan fingerprint density at radius 2 is 1.42 bits per heavy atom. The number of anilines is 2. The SMILES string of the molecule is O=C(Nc1cccc(C(F)(F)F)c1)c1ccccc1NC(=O)c1cccn(Cc2ccccc2)c1=O. The molecule has 2 N–H and O–H groups in total. The van der Waals surface area contributed by atoms with Gasteiger partial charge in [-0.2, -0.15) is 13.2 Å². The summed E-state index contributed by atoms with van der Waals surface area (Å²) in [5.74, 6) is -1.44. The molecule has 1 heterocycles. The maximum absolute atomic E-state index is 13.0. The van der Waals surface area contributed by atoms with Gasteiger partial charge in [-0.3, -0.25) is 14.4 Å². The van der Waals surface area contributed by atoms with Crippen molar-refractivity contribution < 1.29 is 22.8 Å². The lowest BCUT2D eigenvalue weighted by atomic mass is 10.1. The first-order valence-electron chi connectivity index (χ1n) is 10.8. The van der Waals surface area contributed by atoms with Crippen molar-refractivity contribution in [3.05, 3.63) is 130 Å². The summed E-state index contributed by atoms with van der Waals surface area (Å²) >= 11 is 0. The summed E-state index contributed by atoms with van der Waals surface area (Å²) in [5, 5.41) is 4.98. The van der Waals surface area contributed by atoms with Crippen molar-refractivity contribution in [2.24, 2.45) is 0 Å². The van der Waals surface area contributed by atoms with Gasteiger partial charge in [0.15, 0.2) is 0 Å². The number of amides is 2. The van der Waals surface area contributed by atoms with Crippen LogP contribution >= 0.6 is 0 Å². The second-order valence-corrected chi connectivity index (χ2v) is 7.87. The summed E-state index contributed by atoms with van der Waals surface area (Å²) in [5.41, 5.74) is -0.589. The Labute approximate surface area is 204 Å². The lowest BCUT2D eigenvalue weighted by Gasteiger charge is -2.13. The maximum atomic E-state index is 13.0. The van der Waals surface area contributed by atoms with Crippen LogP contribution in [0, 0.1) is 0 Å². The van der Waals surface area contributed by atoms with Gasteiger partial charge in [-0.15, -0.1) is 0 Å². The summed E-state index contributed by atoms with van der Waals surface area (Å²) < 4.78 is 40.4. The zero-order valence-corrected chi connectivity index (χ0v) is 18.8. The topological polar surface area (TPSA) is 80.2 Å². The molecule has 0 spiro atoms. The fraction of sp³-hybridized carbons (Fsp3) is 0.0741. The Kier molecular flexibility index (Phi) is 7.00. The molecule has 6 nitrogen and oxygen atoms in total. The number of halogens is 3. The van der Waals surface area contributed by atoms with Crippen LogP contribution in [-0.4, -0.2) is 16.4 Å². The Morgan fingerprint density at radius 1 is 0.750 bits per heavy atom. The summed E-state index contributed by atoms with van der Waals surface area (Å²) in [6.45, 7) is 0.275. The van der Waals surface area contributed by atoms with Crippen LogP contribution < -0.4 is 16.2 Å². The molecule has 0 fully saturated rings. The second-order valence-electron chi connectivity index (χ2n) is 7.87. The molecule has 0 saturated heterocycles. The number of rotatable bonds is 6. The number of benzene rings is 3. The molecule has 3 aromatic carbocycles. The molecule has 0 bridgehead atoms. The van der Waals surface area contributed by atoms with Crippen molar-refractivity contribution in [1.29, 1.82) is 0 Å². The maximum Gasteiger partial charge on any atom is 0.416 e. The van der Waals surface area contributed by atoms with E-state index in [9.17, 15) is 27.6 Å². The van der Waals surface area contributed by atoms with E-state index >= 15 is 0 Å². The van der Waals surface area contributed by atoms with E-state index in [1.807, 2.05) is 30.3 Å². The Hall–Kier alpha value is -4.66. The average Bonchev–Trinajstić information content (AvgIpc) is 2.86. The van der Waals surface area contributed by atoms with Crippen LogP contribution in [0.4, 0.5) is 24.5 Å². The highest BCUT2D eigenvalue weighted by Gasteiger charge is 2.30. The smallest absolute Gasteiger partial charge is 0.322 e. The van der Waals surface area contributed by atoms with Crippen molar-refractivity contribution in [3.63, 3.8) is 0 Å². The van der Waals surface area contributed by atoms with Gasteiger partial charge in [-0.1, -0.05) is 48.5 Å². The van der Waals surface area contributed by atoms with Crippen LogP contribution in [0.25, 0.3) is 0 Å². The average molecular weight is 491 g/mol. The highest BCUT2D eigenvalue weighted by molar-refractivity contribution is 6.12. The van der Waals surface area contributed by atoms with Gasteiger partial charge in [0.05, 0.1) is 23.4 Å². The molecule has 0 radical (unpaired) electrons. The van der Waals surface area contributed by atoms with E-state index in [-0.39, 0.29) is 29.0 Å². The summed E-state index contributed by atoms with van der Waals surface area (Å²) in [6, 6.07) is 22.4. The standard InChI is InChI=1S/C27H20F3N3O3/c28-27(29,30)19-10-6-11-20(16-19)31-24(34)21-12-4-5-14-23(21)32-25(35)22-13-7-15-33(26(22)36)17-18-8-2-1-3-9-18/h1-16H,17H2,(H,31,34)(H,32,35). The Morgan fingerprint density at radius 3 is 2.17 bits per heavy atom. The first-order valence-corrected chi connectivity index (χ1v) is 10.8. The minimum absolute atomic E-state index is 0.0174. The lowest BCUT2D eigenvalue weighted by molar-refractivity contribution is -0.137. The van der Waals surface area contributed by atoms with Gasteiger partial charge < -0.3 is 15.2 Å². The zero-order valence-electron chi connectivity index (χ0n) is 18.8. The molecule has 0 unspecified atom stereocenters. The second kappa shape index (κ2) is 10.3. The predicted molar refractivity (Wildman–Crippen MR) is 130 cm³/mol. The molecule has 36 heavy (non-hydrogen) atoms. The van der Waals surface area contributed by atoms with Crippen molar-refractivity contribution in [1.82, 2.24) is 4.57 Å². The number of aromatic nitrogens is 1. The molecule has 1 aromatic heterocycles. The molecular formula is C27H20F3N3O3. The molecule has 0 saturated carbocycles. The van der Waals surface area contributed by atoms with E-state index in [1.165, 1.54) is 34.9 Å². The van der Waals surface area contributed by atoms with E-state index in [0.29, 0.717) is 0 Å². The summed E-state index contributed by atoms with van der Waals surface area (Å²) in [4.78, 5) is 38.7. The van der Waals surface area contributed by atoms with Crippen molar-refractivity contribution in [2.75, 3.05) is 10.6 Å². The van der Waals surface area contributed by atoms with Gasteiger partial charge in [-0.05, 0) is 48.0 Å². The van der Waals surface area contributed by atoms with Crippen molar-refractivity contribution in [3.8, 4) is 0 Å². The molecule has 2 amide bonds. The van der Waals surface area contributed by atoms with E-state index in [0.717, 1.165) is 17.7 Å². The number of carbonyl (C=O) groups excluding carboxylic acids is 2. The monoisotopic (exact) mass is 491 g/mol. The predicted octanol–water partition coefficient (Wildman–Crippen LogP) is 5.42. The van der Waals surface area contributed by atoms with Gasteiger partial charge in [-0.25, -0.2) is 0 Å². The third-order valence-corrected chi connectivity index (χ3v) is 5.33. The molecule has 0 atom stereocenters. The number of carbonyl (C=O) groups is 2. The molecule has 0 aliphatic carbocycles. The number of hydrogen-bond acceptors (Lipinski definition) is 3. The fourth-order valence-corrected chi connectivity index (χ4v) is 3.57. The van der Waals surface area contributed by atoms with Crippen LogP contribution in [0.1, 0.15) is 31.8 Å². The van der Waals surface area contributed by atoms with Crippen molar-refractivity contribution in [2.45, 2.75) is 12.7 Å². The summed E-state index contributed by atoms with van der Waals surface area (Å²) in [7, 11) is 0. The minimum Gasteiger partial charge on any atom is -0.322 e. The lowest BCUT2D eigenvalue weighted by Crippen LogP contribution is -2.29. The van der Waals surface area contributed by atoms with E-state index in [4.69, 9.17) is 0 Å². The van der Waals surface area contributed by atoms with Crippen molar-refractivity contribution >= 4 is 23.2 Å². The first kappa shape index (κ1) is 24.5. The molecule has 4 rings (SSSR count). The number of para-hydroxylation sites is 1. The van der Waals surface area contributed by atoms with E-state index in [1.54, 1.807) is 24.4 Å². The first-order chi connectivity index (χ1) is 17.2. The van der Waals surface area contributed by atoms with E-state index in [2.05, 4.69) is 10.6 Å². The highest BCUT2D eigenvalue weighted by Crippen LogP contribution is 2.31. The number of nitrogens with zero attached hydrogens (tertiary/aromatic N) is 1. The molecule has 0 aliphatic rings. The normalized spacial score (nSPS) is 11.1. The Bertz CT molecular complexity index is 1460. The fourth-order valence-electron chi connectivity index (χ4n) is 3.57. The number of nitrogens with one attached hydrogen (secondary N) is 2. The quantitative estimate of drug-likeness (QED) is 0.378. The van der Waals surface area contributed by atoms with Crippen LogP contribution in [0.15, 0.2) is 102 Å². The van der Waals surface area contributed by atoms with Crippen LogP contribution in [-0.2, 0) is 12.7 Å². The van der Waals surface area contributed by atoms with Gasteiger partial charge in [0.2, 0.25) is 0 Å². The largest absolute Gasteiger partial charge is 0.416 e. The summed E-state index contributed by atoms with van der Waals surface area (Å²) in [6.07, 6.45) is -2.99. The third-order valence-electron chi connectivity index (χ3n) is 5.33. The number of alkyl halides is 3. The minimum atomic E-state index is -4.56. The molecule has 182 valence electrons. The Balaban J connectivity index is 1.55. The molecular weight excluding hydrogens is 471 g/mol. The van der Waals surface area contributed by atoms with Gasteiger partial charge >= 0.3 is 6.18 Å².